The molecule has 1 N–H and O–H groups in total. The van der Waals surface area contributed by atoms with Gasteiger partial charge in [-0.3, -0.25) is 4.72 Å². The van der Waals surface area contributed by atoms with E-state index in [0.717, 1.165) is 17.3 Å². The standard InChI is InChI=1S/C10H13BrClNS/c11-9-5-3-8(4-6-9)10(13-14)2-1-7-12/h3-6,10,13-14H,1-2,7H2. The Morgan fingerprint density at radius 2 is 2.00 bits per heavy atom. The van der Waals surface area contributed by atoms with Crippen molar-refractivity contribution >= 4 is 40.3 Å². The molecular weight excluding hydrogens is 282 g/mol. The van der Waals surface area contributed by atoms with Crippen LogP contribution in [0.1, 0.15) is 24.4 Å². The summed E-state index contributed by atoms with van der Waals surface area (Å²) in [5.74, 6) is 0.697. The van der Waals surface area contributed by atoms with Gasteiger partial charge in [0.15, 0.2) is 0 Å². The Balaban J connectivity index is 2.64. The van der Waals surface area contributed by atoms with E-state index in [-0.39, 0.29) is 6.04 Å². The second-order valence-corrected chi connectivity index (χ2v) is 4.62. The first kappa shape index (κ1) is 12.4. The monoisotopic (exact) mass is 293 g/mol. The van der Waals surface area contributed by atoms with Crippen molar-refractivity contribution in [2.45, 2.75) is 18.9 Å². The highest BCUT2D eigenvalue weighted by molar-refractivity contribution is 9.10. The molecule has 0 aliphatic rings. The number of hydrogen-bond acceptors (Lipinski definition) is 2. The van der Waals surface area contributed by atoms with Crippen LogP contribution in [-0.2, 0) is 0 Å². The lowest BCUT2D eigenvalue weighted by molar-refractivity contribution is 0.607. The highest BCUT2D eigenvalue weighted by Gasteiger charge is 2.08. The van der Waals surface area contributed by atoms with Gasteiger partial charge in [0.1, 0.15) is 0 Å². The number of thiol groups is 1. The smallest absolute Gasteiger partial charge is 0.0419 e. The average Bonchev–Trinajstić information content (AvgIpc) is 2.21. The van der Waals surface area contributed by atoms with Crippen molar-refractivity contribution in [2.75, 3.05) is 5.88 Å². The van der Waals surface area contributed by atoms with Crippen LogP contribution in [0.25, 0.3) is 0 Å². The molecule has 0 radical (unpaired) electrons. The number of benzene rings is 1. The number of alkyl halides is 1. The van der Waals surface area contributed by atoms with E-state index >= 15 is 0 Å². The van der Waals surface area contributed by atoms with Gasteiger partial charge in [-0.05, 0) is 30.5 Å². The molecule has 1 nitrogen and oxygen atoms in total. The summed E-state index contributed by atoms with van der Waals surface area (Å²) in [6.07, 6.45) is 2.00. The molecule has 0 saturated carbocycles. The third kappa shape index (κ3) is 3.81. The second-order valence-electron chi connectivity index (χ2n) is 3.06. The summed E-state index contributed by atoms with van der Waals surface area (Å²) in [5.41, 5.74) is 1.24. The van der Waals surface area contributed by atoms with Gasteiger partial charge in [-0.15, -0.1) is 11.6 Å². The summed E-state index contributed by atoms with van der Waals surface area (Å²) in [7, 11) is 0. The van der Waals surface area contributed by atoms with Crippen LogP contribution in [0, 0.1) is 0 Å². The van der Waals surface area contributed by atoms with Gasteiger partial charge in [0, 0.05) is 16.4 Å². The summed E-state index contributed by atoms with van der Waals surface area (Å²) in [6.45, 7) is 0. The molecule has 0 aliphatic carbocycles. The van der Waals surface area contributed by atoms with E-state index in [4.69, 9.17) is 11.6 Å². The molecule has 0 aliphatic heterocycles. The van der Waals surface area contributed by atoms with Crippen molar-refractivity contribution in [3.05, 3.63) is 34.3 Å². The van der Waals surface area contributed by atoms with Crippen LogP contribution in [0.4, 0.5) is 0 Å². The van der Waals surface area contributed by atoms with Crippen molar-refractivity contribution in [2.24, 2.45) is 0 Å². The normalized spacial score (nSPS) is 12.8. The van der Waals surface area contributed by atoms with Gasteiger partial charge in [-0.2, -0.15) is 0 Å². The fraction of sp³-hybridized carbons (Fsp3) is 0.400. The SMILES string of the molecule is SNC(CCCCl)c1ccc(Br)cc1. The van der Waals surface area contributed by atoms with Gasteiger partial charge in [-0.25, -0.2) is 0 Å². The second kappa shape index (κ2) is 6.72. The molecule has 0 bridgehead atoms. The predicted molar refractivity (Wildman–Crippen MR) is 69.0 cm³/mol. The largest absolute Gasteiger partial charge is 0.259 e. The topological polar surface area (TPSA) is 12.0 Å². The van der Waals surface area contributed by atoms with Crippen LogP contribution >= 0.6 is 40.3 Å². The first-order valence-corrected chi connectivity index (χ1v) is 6.26. The van der Waals surface area contributed by atoms with E-state index in [2.05, 4.69) is 45.6 Å². The fourth-order valence-electron chi connectivity index (χ4n) is 1.28. The van der Waals surface area contributed by atoms with Gasteiger partial charge >= 0.3 is 0 Å². The predicted octanol–water partition coefficient (Wildman–Crippen LogP) is 3.94. The van der Waals surface area contributed by atoms with E-state index in [0.29, 0.717) is 5.88 Å². The average molecular weight is 295 g/mol. The van der Waals surface area contributed by atoms with E-state index in [1.54, 1.807) is 0 Å². The van der Waals surface area contributed by atoms with Gasteiger partial charge in [-0.1, -0.05) is 40.9 Å². The number of rotatable bonds is 5. The quantitative estimate of drug-likeness (QED) is 0.619. The molecule has 1 rings (SSSR count). The number of hydrogen-bond donors (Lipinski definition) is 2. The fourth-order valence-corrected chi connectivity index (χ4v) is 1.98. The summed E-state index contributed by atoms with van der Waals surface area (Å²) in [4.78, 5) is 0. The molecule has 4 heteroatoms. The Bertz CT molecular complexity index is 265. The minimum absolute atomic E-state index is 0.283. The summed E-state index contributed by atoms with van der Waals surface area (Å²) in [6, 6.07) is 8.53. The molecule has 1 aromatic rings. The Morgan fingerprint density at radius 1 is 1.36 bits per heavy atom. The molecular formula is C10H13BrClNS. The number of halogens is 2. The Labute approximate surface area is 104 Å². The van der Waals surface area contributed by atoms with Crippen molar-refractivity contribution < 1.29 is 0 Å². The lowest BCUT2D eigenvalue weighted by Gasteiger charge is -2.15. The van der Waals surface area contributed by atoms with Crippen LogP contribution in [-0.4, -0.2) is 5.88 Å². The number of nitrogens with one attached hydrogen (secondary N) is 1. The zero-order valence-corrected chi connectivity index (χ0v) is 10.9. The van der Waals surface area contributed by atoms with Crippen LogP contribution in [0.5, 0.6) is 0 Å². The van der Waals surface area contributed by atoms with E-state index in [1.165, 1.54) is 5.56 Å². The maximum atomic E-state index is 5.66. The molecule has 0 heterocycles. The van der Waals surface area contributed by atoms with Crippen molar-refractivity contribution in [3.8, 4) is 0 Å². The van der Waals surface area contributed by atoms with Crippen molar-refractivity contribution in [3.63, 3.8) is 0 Å². The molecule has 0 fully saturated rings. The van der Waals surface area contributed by atoms with Gasteiger partial charge in [0.25, 0.3) is 0 Å². The summed E-state index contributed by atoms with van der Waals surface area (Å²) < 4.78 is 4.09. The lowest BCUT2D eigenvalue weighted by atomic mass is 10.0. The maximum Gasteiger partial charge on any atom is 0.0419 e. The Morgan fingerprint density at radius 3 is 2.50 bits per heavy atom. The molecule has 0 spiro atoms. The minimum Gasteiger partial charge on any atom is -0.259 e. The molecule has 78 valence electrons. The zero-order valence-electron chi connectivity index (χ0n) is 7.71. The van der Waals surface area contributed by atoms with Crippen LogP contribution in [0.2, 0.25) is 0 Å². The highest BCUT2D eigenvalue weighted by atomic mass is 79.9. The maximum absolute atomic E-state index is 5.66. The molecule has 14 heavy (non-hydrogen) atoms. The molecule has 1 unspecified atom stereocenters. The minimum atomic E-state index is 0.283. The van der Waals surface area contributed by atoms with E-state index in [1.807, 2.05) is 12.1 Å². The molecule has 0 saturated heterocycles. The van der Waals surface area contributed by atoms with Crippen LogP contribution < -0.4 is 4.72 Å². The first-order valence-electron chi connectivity index (χ1n) is 4.49. The lowest BCUT2D eigenvalue weighted by Crippen LogP contribution is -2.11. The van der Waals surface area contributed by atoms with Gasteiger partial charge < -0.3 is 0 Å². The van der Waals surface area contributed by atoms with Crippen molar-refractivity contribution in [1.82, 2.24) is 4.72 Å². The Hall–Kier alpha value is 0.300. The Kier molecular flexibility index (Phi) is 5.94. The van der Waals surface area contributed by atoms with Gasteiger partial charge in [0.05, 0.1) is 0 Å². The molecule has 1 aromatic carbocycles. The first-order chi connectivity index (χ1) is 6.77. The van der Waals surface area contributed by atoms with E-state index in [9.17, 15) is 0 Å². The molecule has 1 atom stereocenters. The summed E-state index contributed by atoms with van der Waals surface area (Å²) in [5, 5.41) is 0. The van der Waals surface area contributed by atoms with Crippen LogP contribution in [0.15, 0.2) is 28.7 Å². The summed E-state index contributed by atoms with van der Waals surface area (Å²) >= 11 is 13.2. The van der Waals surface area contributed by atoms with Crippen LogP contribution in [0.3, 0.4) is 0 Å². The molecule has 0 aromatic heterocycles. The van der Waals surface area contributed by atoms with E-state index < -0.39 is 0 Å². The van der Waals surface area contributed by atoms with Gasteiger partial charge in [0.2, 0.25) is 0 Å². The third-order valence-electron chi connectivity index (χ3n) is 2.05. The third-order valence-corrected chi connectivity index (χ3v) is 3.16. The zero-order chi connectivity index (χ0) is 10.4. The molecule has 0 amide bonds. The highest BCUT2D eigenvalue weighted by Crippen LogP contribution is 2.21. The van der Waals surface area contributed by atoms with Crippen molar-refractivity contribution in [1.29, 1.82) is 0 Å².